The van der Waals surface area contributed by atoms with E-state index in [2.05, 4.69) is 4.90 Å². The minimum atomic E-state index is -3.12. The van der Waals surface area contributed by atoms with Gasteiger partial charge in [-0.25, -0.2) is 8.42 Å². The zero-order valence-electron chi connectivity index (χ0n) is 21.2. The fourth-order valence-electron chi connectivity index (χ4n) is 5.70. The van der Waals surface area contributed by atoms with Gasteiger partial charge in [-0.2, -0.15) is 0 Å². The number of amides is 2. The van der Waals surface area contributed by atoms with E-state index in [4.69, 9.17) is 11.6 Å². The van der Waals surface area contributed by atoms with Gasteiger partial charge < -0.3 is 14.4 Å². The topological polar surface area (TPSA) is 82.9 Å². The lowest BCUT2D eigenvalue weighted by atomic mass is 9.91. The third-order valence-electron chi connectivity index (χ3n) is 8.16. The number of hydrogen-bond acceptors (Lipinski definition) is 5. The minimum absolute atomic E-state index is 0.00442. The van der Waals surface area contributed by atoms with E-state index >= 15 is 0 Å². The van der Waals surface area contributed by atoms with Crippen molar-refractivity contribution < 1.29 is 18.0 Å². The van der Waals surface area contributed by atoms with Crippen molar-refractivity contribution in [3.8, 4) is 5.69 Å². The molecule has 0 bridgehead atoms. The van der Waals surface area contributed by atoms with Gasteiger partial charge in [0.2, 0.25) is 0 Å². The molecule has 200 valence electrons. The van der Waals surface area contributed by atoms with Crippen molar-refractivity contribution in [2.75, 3.05) is 50.8 Å². The van der Waals surface area contributed by atoms with Crippen LogP contribution < -0.4 is 0 Å². The van der Waals surface area contributed by atoms with Crippen LogP contribution in [0.5, 0.6) is 0 Å². The molecule has 3 fully saturated rings. The van der Waals surface area contributed by atoms with E-state index in [1.54, 1.807) is 23.1 Å². The number of fused-ring (bicyclic) bond motifs is 1. The number of nitrogens with zero attached hydrogens (tertiary/aromatic N) is 4. The minimum Gasteiger partial charge on any atom is -0.336 e. The Morgan fingerprint density at radius 3 is 2.18 bits per heavy atom. The Bertz CT molecular complexity index is 1490. The maximum absolute atomic E-state index is 13.6. The summed E-state index contributed by atoms with van der Waals surface area (Å²) in [5.74, 6) is -0.313. The van der Waals surface area contributed by atoms with Crippen LogP contribution in [0.1, 0.15) is 40.1 Å². The van der Waals surface area contributed by atoms with Gasteiger partial charge >= 0.3 is 0 Å². The summed E-state index contributed by atoms with van der Waals surface area (Å²) < 4.78 is 25.7. The molecule has 8 nitrogen and oxygen atoms in total. The quantitative estimate of drug-likeness (QED) is 0.493. The first-order valence-corrected chi connectivity index (χ1v) is 15.4. The lowest BCUT2D eigenvalue weighted by Gasteiger charge is -2.42. The summed E-state index contributed by atoms with van der Waals surface area (Å²) in [7, 11) is -3.12. The summed E-state index contributed by atoms with van der Waals surface area (Å²) in [6.45, 7) is 3.59. The molecule has 3 aromatic rings. The number of hydrogen-bond donors (Lipinski definition) is 0. The van der Waals surface area contributed by atoms with Gasteiger partial charge in [-0.1, -0.05) is 24.1 Å². The molecule has 2 aromatic carbocycles. The van der Waals surface area contributed by atoms with Crippen molar-refractivity contribution in [1.29, 1.82) is 0 Å². The second kappa shape index (κ2) is 10.0. The van der Waals surface area contributed by atoms with Crippen LogP contribution in [-0.2, 0) is 9.84 Å². The maximum atomic E-state index is 13.6. The van der Waals surface area contributed by atoms with Crippen LogP contribution in [0.4, 0.5) is 0 Å². The highest BCUT2D eigenvalue weighted by Crippen LogP contribution is 2.29. The van der Waals surface area contributed by atoms with Crippen molar-refractivity contribution in [1.82, 2.24) is 19.3 Å². The van der Waals surface area contributed by atoms with Crippen LogP contribution >= 0.6 is 11.6 Å². The van der Waals surface area contributed by atoms with Crippen molar-refractivity contribution in [2.24, 2.45) is 0 Å². The Morgan fingerprint density at radius 2 is 1.53 bits per heavy atom. The number of rotatable bonds is 4. The third-order valence-corrected chi connectivity index (χ3v) is 10.0. The Morgan fingerprint density at radius 1 is 0.816 bits per heavy atom. The molecule has 2 amide bonds. The maximum Gasteiger partial charge on any atom is 0.270 e. The Labute approximate surface area is 227 Å². The van der Waals surface area contributed by atoms with Crippen LogP contribution in [0, 0.1) is 0 Å². The fraction of sp³-hybridized carbons (Fsp3) is 0.429. The molecule has 0 unspecified atom stereocenters. The number of halogens is 1. The summed E-state index contributed by atoms with van der Waals surface area (Å²) in [5, 5.41) is 1.32. The number of piperazine rings is 1. The number of benzene rings is 2. The number of carbonyl (C=O) groups is 2. The molecule has 0 atom stereocenters. The summed E-state index contributed by atoms with van der Waals surface area (Å²) in [5.41, 5.74) is 2.53. The smallest absolute Gasteiger partial charge is 0.270 e. The van der Waals surface area contributed by atoms with Crippen LogP contribution in [0.25, 0.3) is 16.6 Å². The van der Waals surface area contributed by atoms with Crippen LogP contribution in [0.15, 0.2) is 48.5 Å². The standard InChI is InChI=1S/C28H31ClN4O4S/c29-22-3-1-6-24(19-22)33-25-8-7-20(27(34)31-11-9-30(10-12-31)23-4-2-5-23)17-21(25)18-26(33)28(35)32-13-15-38(36,37)16-14-32/h1,3,6-8,17-19,23H,2,4-5,9-16H2. The molecular formula is C28H31ClN4O4S. The normalized spacial score (nSPS) is 20.4. The van der Waals surface area contributed by atoms with E-state index in [0.29, 0.717) is 22.3 Å². The molecule has 0 spiro atoms. The summed E-state index contributed by atoms with van der Waals surface area (Å²) in [4.78, 5) is 33.1. The van der Waals surface area contributed by atoms with Crippen LogP contribution in [-0.4, -0.2) is 96.3 Å². The van der Waals surface area contributed by atoms with E-state index in [0.717, 1.165) is 42.8 Å². The number of sulfone groups is 1. The highest BCUT2D eigenvalue weighted by molar-refractivity contribution is 7.91. The van der Waals surface area contributed by atoms with Gasteiger partial charge in [0, 0.05) is 67.0 Å². The Balaban J connectivity index is 1.32. The largest absolute Gasteiger partial charge is 0.336 e. The first kappa shape index (κ1) is 25.4. The monoisotopic (exact) mass is 554 g/mol. The van der Waals surface area contributed by atoms with Gasteiger partial charge in [0.05, 0.1) is 17.0 Å². The molecule has 1 aromatic heterocycles. The zero-order chi connectivity index (χ0) is 26.4. The number of aromatic nitrogens is 1. The van der Waals surface area contributed by atoms with Crippen LogP contribution in [0.2, 0.25) is 5.02 Å². The number of carbonyl (C=O) groups excluding carboxylic acids is 2. The van der Waals surface area contributed by atoms with Crippen molar-refractivity contribution >= 4 is 44.2 Å². The predicted molar refractivity (Wildman–Crippen MR) is 148 cm³/mol. The average Bonchev–Trinajstić information content (AvgIpc) is 3.26. The third kappa shape index (κ3) is 4.83. The Hall–Kier alpha value is -2.88. The van der Waals surface area contributed by atoms with Gasteiger partial charge in [-0.3, -0.25) is 14.5 Å². The molecule has 1 aliphatic carbocycles. The van der Waals surface area contributed by atoms with Gasteiger partial charge in [0.25, 0.3) is 11.8 Å². The van der Waals surface area contributed by atoms with Crippen molar-refractivity contribution in [3.63, 3.8) is 0 Å². The first-order valence-electron chi connectivity index (χ1n) is 13.2. The molecule has 2 aliphatic heterocycles. The van der Waals surface area contributed by atoms with Gasteiger partial charge in [0.1, 0.15) is 5.69 Å². The van der Waals surface area contributed by atoms with Crippen molar-refractivity contribution in [3.05, 3.63) is 64.8 Å². The molecule has 2 saturated heterocycles. The first-order chi connectivity index (χ1) is 18.3. The zero-order valence-corrected chi connectivity index (χ0v) is 22.8. The van der Waals surface area contributed by atoms with Crippen molar-refractivity contribution in [2.45, 2.75) is 25.3 Å². The second-order valence-corrected chi connectivity index (χ2v) is 13.2. The van der Waals surface area contributed by atoms with Gasteiger partial charge in [-0.05, 0) is 55.3 Å². The van der Waals surface area contributed by atoms with Gasteiger partial charge in [0.15, 0.2) is 9.84 Å². The van der Waals surface area contributed by atoms with Gasteiger partial charge in [-0.15, -0.1) is 0 Å². The average molecular weight is 555 g/mol. The summed E-state index contributed by atoms with van der Waals surface area (Å²) >= 11 is 6.29. The lowest BCUT2D eigenvalue weighted by Crippen LogP contribution is -2.53. The molecule has 1 saturated carbocycles. The molecule has 0 radical (unpaired) electrons. The highest BCUT2D eigenvalue weighted by Gasteiger charge is 2.31. The summed E-state index contributed by atoms with van der Waals surface area (Å²) in [6.07, 6.45) is 3.84. The van der Waals surface area contributed by atoms with E-state index in [1.807, 2.05) is 39.8 Å². The summed E-state index contributed by atoms with van der Waals surface area (Å²) in [6, 6.07) is 15.3. The molecule has 0 N–H and O–H groups in total. The Kier molecular flexibility index (Phi) is 6.70. The highest BCUT2D eigenvalue weighted by atomic mass is 35.5. The van der Waals surface area contributed by atoms with E-state index in [9.17, 15) is 18.0 Å². The molecule has 10 heteroatoms. The molecule has 6 rings (SSSR count). The van der Waals surface area contributed by atoms with E-state index in [1.165, 1.54) is 19.3 Å². The fourth-order valence-corrected chi connectivity index (χ4v) is 7.09. The van der Waals surface area contributed by atoms with E-state index in [-0.39, 0.29) is 36.4 Å². The molecule has 3 heterocycles. The molecular weight excluding hydrogens is 524 g/mol. The lowest BCUT2D eigenvalue weighted by molar-refractivity contribution is 0.0455. The van der Waals surface area contributed by atoms with Crippen LogP contribution in [0.3, 0.4) is 0 Å². The SMILES string of the molecule is O=C(c1ccc2c(c1)cc(C(=O)N1CCS(=O)(=O)CC1)n2-c1cccc(Cl)c1)N1CCN(C2CCC2)CC1. The molecule has 3 aliphatic rings. The predicted octanol–water partition coefficient (Wildman–Crippen LogP) is 3.46. The molecule has 38 heavy (non-hydrogen) atoms. The second-order valence-electron chi connectivity index (χ2n) is 10.5. The van der Waals surface area contributed by atoms with E-state index < -0.39 is 9.84 Å².